The normalized spacial score (nSPS) is 17.8. The van der Waals surface area contributed by atoms with Crippen molar-refractivity contribution in [2.45, 2.75) is 6.04 Å². The molecule has 1 N–H and O–H groups in total. The van der Waals surface area contributed by atoms with Crippen LogP contribution in [0, 0.1) is 5.82 Å². The zero-order chi connectivity index (χ0) is 22.1. The van der Waals surface area contributed by atoms with Crippen LogP contribution in [0.2, 0.25) is 5.02 Å². The Labute approximate surface area is 182 Å². The van der Waals surface area contributed by atoms with Crippen molar-refractivity contribution in [1.29, 1.82) is 0 Å². The Morgan fingerprint density at radius 3 is 2.42 bits per heavy atom. The summed E-state index contributed by atoms with van der Waals surface area (Å²) >= 11 is 6.05. The Kier molecular flexibility index (Phi) is 5.48. The van der Waals surface area contributed by atoms with Crippen LogP contribution in [0.15, 0.2) is 78.4 Å². The smallest absolute Gasteiger partial charge is 0.300 e. The molecule has 0 aromatic heterocycles. The minimum atomic E-state index is -0.986. The number of anilines is 1. The maximum atomic E-state index is 13.5. The molecular formula is C24H17ClFNO4. The second-order valence-corrected chi connectivity index (χ2v) is 7.33. The van der Waals surface area contributed by atoms with Gasteiger partial charge in [-0.05, 0) is 42.5 Å². The molecule has 0 spiro atoms. The van der Waals surface area contributed by atoms with E-state index in [0.717, 1.165) is 0 Å². The summed E-state index contributed by atoms with van der Waals surface area (Å²) in [5.41, 5.74) is 0.993. The third-order valence-electron chi connectivity index (χ3n) is 5.08. The highest BCUT2D eigenvalue weighted by molar-refractivity contribution is 6.51. The number of amides is 1. The molecule has 156 valence electrons. The molecule has 0 bridgehead atoms. The van der Waals surface area contributed by atoms with E-state index < -0.39 is 23.5 Å². The number of methoxy groups -OCH3 is 1. The maximum Gasteiger partial charge on any atom is 0.300 e. The molecule has 0 aliphatic carbocycles. The maximum absolute atomic E-state index is 13.5. The molecule has 3 aromatic rings. The van der Waals surface area contributed by atoms with Crippen LogP contribution >= 0.6 is 11.6 Å². The van der Waals surface area contributed by atoms with Gasteiger partial charge < -0.3 is 9.84 Å². The molecule has 1 saturated heterocycles. The summed E-state index contributed by atoms with van der Waals surface area (Å²) in [5, 5.41) is 11.4. The number of hydrogen-bond donors (Lipinski definition) is 1. The lowest BCUT2D eigenvalue weighted by molar-refractivity contribution is -0.132. The topological polar surface area (TPSA) is 66.8 Å². The van der Waals surface area contributed by atoms with Crippen LogP contribution in [0.25, 0.3) is 5.76 Å². The Morgan fingerprint density at radius 1 is 1.03 bits per heavy atom. The van der Waals surface area contributed by atoms with E-state index in [1.807, 2.05) is 0 Å². The van der Waals surface area contributed by atoms with Crippen LogP contribution in [0.1, 0.15) is 17.2 Å². The average Bonchev–Trinajstić information content (AvgIpc) is 3.04. The lowest BCUT2D eigenvalue weighted by atomic mass is 9.94. The molecule has 0 radical (unpaired) electrons. The van der Waals surface area contributed by atoms with Crippen molar-refractivity contribution in [2.24, 2.45) is 0 Å². The number of Topliss-reactive ketones (excluding diaryl/α,β-unsaturated/α-hetero) is 1. The van der Waals surface area contributed by atoms with E-state index in [2.05, 4.69) is 0 Å². The quantitative estimate of drug-likeness (QED) is 0.350. The van der Waals surface area contributed by atoms with E-state index in [0.29, 0.717) is 27.6 Å². The number of benzene rings is 3. The fourth-order valence-electron chi connectivity index (χ4n) is 3.68. The number of aliphatic hydroxyl groups is 1. The molecule has 1 atom stereocenters. The van der Waals surface area contributed by atoms with Gasteiger partial charge in [0.05, 0.1) is 18.7 Å². The molecule has 3 aromatic carbocycles. The van der Waals surface area contributed by atoms with Gasteiger partial charge in [0.1, 0.15) is 17.3 Å². The van der Waals surface area contributed by atoms with Crippen LogP contribution in [-0.2, 0) is 9.59 Å². The monoisotopic (exact) mass is 437 g/mol. The molecule has 0 saturated carbocycles. The van der Waals surface area contributed by atoms with Gasteiger partial charge in [0.2, 0.25) is 0 Å². The number of hydrogen-bond acceptors (Lipinski definition) is 4. The predicted molar refractivity (Wildman–Crippen MR) is 116 cm³/mol. The number of aliphatic hydroxyl groups excluding tert-OH is 1. The first-order valence-electron chi connectivity index (χ1n) is 9.38. The molecule has 31 heavy (non-hydrogen) atoms. The average molecular weight is 438 g/mol. The molecular weight excluding hydrogens is 421 g/mol. The summed E-state index contributed by atoms with van der Waals surface area (Å²) in [4.78, 5) is 27.4. The number of carbonyl (C=O) groups is 2. The van der Waals surface area contributed by atoms with Gasteiger partial charge in [0.15, 0.2) is 0 Å². The molecule has 1 heterocycles. The third kappa shape index (κ3) is 3.66. The van der Waals surface area contributed by atoms with E-state index >= 15 is 0 Å². The van der Waals surface area contributed by atoms with Gasteiger partial charge in [-0.15, -0.1) is 0 Å². The number of rotatable bonds is 4. The number of halogens is 2. The van der Waals surface area contributed by atoms with E-state index in [1.165, 1.54) is 42.3 Å². The summed E-state index contributed by atoms with van der Waals surface area (Å²) in [6.45, 7) is 0. The number of ketones is 1. The summed E-state index contributed by atoms with van der Waals surface area (Å²) in [6.07, 6.45) is 0. The fourth-order valence-corrected chi connectivity index (χ4v) is 3.87. The second kappa shape index (κ2) is 8.24. The van der Waals surface area contributed by atoms with Crippen molar-refractivity contribution in [1.82, 2.24) is 0 Å². The largest absolute Gasteiger partial charge is 0.507 e. The summed E-state index contributed by atoms with van der Waals surface area (Å²) in [5.74, 6) is -2.11. The molecule has 4 rings (SSSR count). The van der Waals surface area contributed by atoms with Crippen LogP contribution in [0.4, 0.5) is 10.1 Å². The van der Waals surface area contributed by atoms with E-state index in [1.54, 1.807) is 42.5 Å². The highest BCUT2D eigenvalue weighted by atomic mass is 35.5. The van der Waals surface area contributed by atoms with Gasteiger partial charge in [-0.25, -0.2) is 4.39 Å². The van der Waals surface area contributed by atoms with Gasteiger partial charge in [-0.2, -0.15) is 0 Å². The van der Waals surface area contributed by atoms with Gasteiger partial charge in [-0.1, -0.05) is 41.9 Å². The van der Waals surface area contributed by atoms with Crippen molar-refractivity contribution < 1.29 is 23.8 Å². The number of para-hydroxylation sites is 1. The van der Waals surface area contributed by atoms with Crippen molar-refractivity contribution in [2.75, 3.05) is 12.0 Å². The van der Waals surface area contributed by atoms with Gasteiger partial charge in [0.25, 0.3) is 11.7 Å². The van der Waals surface area contributed by atoms with Crippen LogP contribution in [-0.4, -0.2) is 23.9 Å². The van der Waals surface area contributed by atoms with E-state index in [9.17, 15) is 19.1 Å². The first-order chi connectivity index (χ1) is 14.9. The SMILES string of the molecule is COc1ccccc1C1/C(=C(/O)c2cccc(Cl)c2)C(=O)C(=O)N1c1ccc(F)cc1. The van der Waals surface area contributed by atoms with Crippen molar-refractivity contribution in [3.05, 3.63) is 100 Å². The summed E-state index contributed by atoms with van der Waals surface area (Å²) < 4.78 is 18.9. The number of nitrogens with zero attached hydrogens (tertiary/aromatic N) is 1. The summed E-state index contributed by atoms with van der Waals surface area (Å²) in [6, 6.07) is 17.5. The lowest BCUT2D eigenvalue weighted by Gasteiger charge is -2.26. The number of carbonyl (C=O) groups excluding carboxylic acids is 2. The zero-order valence-electron chi connectivity index (χ0n) is 16.4. The van der Waals surface area contributed by atoms with Crippen molar-refractivity contribution in [3.8, 4) is 5.75 Å². The van der Waals surface area contributed by atoms with Crippen LogP contribution < -0.4 is 9.64 Å². The highest BCUT2D eigenvalue weighted by Crippen LogP contribution is 2.44. The summed E-state index contributed by atoms with van der Waals surface area (Å²) in [7, 11) is 1.47. The minimum Gasteiger partial charge on any atom is -0.507 e. The van der Waals surface area contributed by atoms with Crippen LogP contribution in [0.3, 0.4) is 0 Å². The molecule has 7 heteroatoms. The van der Waals surface area contributed by atoms with Crippen molar-refractivity contribution >= 4 is 34.7 Å². The predicted octanol–water partition coefficient (Wildman–Crippen LogP) is 5.11. The van der Waals surface area contributed by atoms with Gasteiger partial charge in [-0.3, -0.25) is 14.5 Å². The van der Waals surface area contributed by atoms with Crippen LogP contribution in [0.5, 0.6) is 5.75 Å². The van der Waals surface area contributed by atoms with Gasteiger partial charge >= 0.3 is 0 Å². The molecule has 1 amide bonds. The Bertz CT molecular complexity index is 1210. The fraction of sp³-hybridized carbons (Fsp3) is 0.0833. The Hall–Kier alpha value is -3.64. The molecule has 1 fully saturated rings. The molecule has 1 aliphatic rings. The van der Waals surface area contributed by atoms with Gasteiger partial charge in [0, 0.05) is 21.8 Å². The molecule has 5 nitrogen and oxygen atoms in total. The second-order valence-electron chi connectivity index (χ2n) is 6.90. The zero-order valence-corrected chi connectivity index (χ0v) is 17.1. The number of ether oxygens (including phenoxy) is 1. The first-order valence-corrected chi connectivity index (χ1v) is 9.75. The minimum absolute atomic E-state index is 0.110. The lowest BCUT2D eigenvalue weighted by Crippen LogP contribution is -2.29. The highest BCUT2D eigenvalue weighted by Gasteiger charge is 2.47. The molecule has 1 unspecified atom stereocenters. The Morgan fingerprint density at radius 2 is 1.74 bits per heavy atom. The Balaban J connectivity index is 1.99. The van der Waals surface area contributed by atoms with Crippen molar-refractivity contribution in [3.63, 3.8) is 0 Å². The van der Waals surface area contributed by atoms with E-state index in [4.69, 9.17) is 16.3 Å². The standard InChI is InChI=1S/C24H17ClFNO4/c1-31-19-8-3-2-7-18(19)21-20(22(28)14-5-4-6-15(25)13-14)23(29)24(30)27(21)17-11-9-16(26)10-12-17/h2-13,21,28H,1H3/b22-20-. The first kappa shape index (κ1) is 20.6. The third-order valence-corrected chi connectivity index (χ3v) is 5.32. The molecule has 1 aliphatic heterocycles. The van der Waals surface area contributed by atoms with E-state index in [-0.39, 0.29) is 11.3 Å².